The number of ether oxygens (including phenoxy) is 1. The minimum Gasteiger partial charge on any atom is -0.491 e. The van der Waals surface area contributed by atoms with Crippen LogP contribution < -0.4 is 14.4 Å². The first-order chi connectivity index (χ1) is 17.2. The second kappa shape index (κ2) is 12.6. The summed E-state index contributed by atoms with van der Waals surface area (Å²) >= 11 is 0. The molecule has 0 bridgehead atoms. The topological polar surface area (TPSA) is 75.7 Å². The Morgan fingerprint density at radius 2 is 1.72 bits per heavy atom. The Bertz CT molecular complexity index is 1250. The number of rotatable bonds is 12. The number of nitrogens with zero attached hydrogens (tertiary/aromatic N) is 1. The number of amides is 1. The van der Waals surface area contributed by atoms with Crippen molar-refractivity contribution in [2.24, 2.45) is 0 Å². The normalized spacial score (nSPS) is 11.4. The summed E-state index contributed by atoms with van der Waals surface area (Å²) in [5.74, 6) is 0.492. The van der Waals surface area contributed by atoms with Gasteiger partial charge in [-0.2, -0.15) is 0 Å². The lowest BCUT2D eigenvalue weighted by molar-refractivity contribution is -0.119. The van der Waals surface area contributed by atoms with Crippen LogP contribution in [0.2, 0.25) is 0 Å². The molecule has 0 saturated carbocycles. The molecule has 0 aliphatic rings. The summed E-state index contributed by atoms with van der Waals surface area (Å²) in [5, 5.41) is 2.89. The van der Waals surface area contributed by atoms with Crippen molar-refractivity contribution in [3.8, 4) is 5.75 Å². The number of para-hydroxylation sites is 1. The molecule has 0 unspecified atom stereocenters. The quantitative estimate of drug-likeness (QED) is 0.337. The molecule has 0 radical (unpaired) electrons. The molecule has 3 aromatic rings. The zero-order valence-corrected chi connectivity index (χ0v) is 22.3. The van der Waals surface area contributed by atoms with Gasteiger partial charge in [-0.3, -0.25) is 9.10 Å². The van der Waals surface area contributed by atoms with Crippen molar-refractivity contribution < 1.29 is 17.9 Å². The molecule has 0 aliphatic carbocycles. The lowest BCUT2D eigenvalue weighted by atomic mass is 10.1. The molecule has 0 saturated heterocycles. The van der Waals surface area contributed by atoms with Gasteiger partial charge < -0.3 is 10.1 Å². The van der Waals surface area contributed by atoms with Crippen LogP contribution in [0.15, 0.2) is 77.7 Å². The molecule has 0 spiro atoms. The first-order valence-corrected chi connectivity index (χ1v) is 13.8. The number of sulfonamides is 1. The number of nitrogens with one attached hydrogen (secondary N) is 1. The minimum absolute atomic E-state index is 0.108. The molecule has 0 fully saturated rings. The highest BCUT2D eigenvalue weighted by molar-refractivity contribution is 7.92. The van der Waals surface area contributed by atoms with E-state index in [2.05, 4.69) is 5.32 Å². The number of benzene rings is 3. The average Bonchev–Trinajstić information content (AvgIpc) is 2.85. The van der Waals surface area contributed by atoms with Crippen molar-refractivity contribution >= 4 is 21.6 Å². The second-order valence-corrected chi connectivity index (χ2v) is 10.9. The van der Waals surface area contributed by atoms with Gasteiger partial charge in [-0.1, -0.05) is 55.0 Å². The Kier molecular flexibility index (Phi) is 9.53. The molecule has 0 aromatic heterocycles. The Hall–Kier alpha value is -3.32. The van der Waals surface area contributed by atoms with Crippen LogP contribution in [-0.2, 0) is 27.7 Å². The molecule has 3 rings (SSSR count). The van der Waals surface area contributed by atoms with E-state index in [-0.39, 0.29) is 23.5 Å². The summed E-state index contributed by atoms with van der Waals surface area (Å²) in [7, 11) is -3.93. The highest BCUT2D eigenvalue weighted by Crippen LogP contribution is 2.27. The second-order valence-electron chi connectivity index (χ2n) is 9.07. The summed E-state index contributed by atoms with van der Waals surface area (Å²) in [4.78, 5) is 13.1. The molecule has 0 aliphatic heterocycles. The Morgan fingerprint density at radius 1 is 1.00 bits per heavy atom. The molecule has 1 N–H and O–H groups in total. The first-order valence-electron chi connectivity index (χ1n) is 12.4. The Balaban J connectivity index is 1.69. The van der Waals surface area contributed by atoms with Crippen LogP contribution in [0.3, 0.4) is 0 Å². The Labute approximate surface area is 215 Å². The fourth-order valence-electron chi connectivity index (χ4n) is 3.94. The smallest absolute Gasteiger partial charge is 0.264 e. The van der Waals surface area contributed by atoms with Crippen molar-refractivity contribution in [1.29, 1.82) is 0 Å². The van der Waals surface area contributed by atoms with Crippen molar-refractivity contribution in [3.05, 3.63) is 89.5 Å². The van der Waals surface area contributed by atoms with Gasteiger partial charge in [0.2, 0.25) is 5.91 Å². The maximum Gasteiger partial charge on any atom is 0.264 e. The van der Waals surface area contributed by atoms with Gasteiger partial charge in [0.05, 0.1) is 16.7 Å². The fraction of sp³-hybridized carbons (Fsp3) is 0.345. The van der Waals surface area contributed by atoms with E-state index in [1.807, 2.05) is 64.1 Å². The summed E-state index contributed by atoms with van der Waals surface area (Å²) < 4.78 is 34.2. The highest BCUT2D eigenvalue weighted by Gasteiger charge is 2.28. The van der Waals surface area contributed by atoms with Crippen LogP contribution in [0.1, 0.15) is 43.9 Å². The third-order valence-corrected chi connectivity index (χ3v) is 7.55. The predicted molar refractivity (Wildman–Crippen MR) is 145 cm³/mol. The monoisotopic (exact) mass is 508 g/mol. The SMILES string of the molecule is CCc1ccccc1N(CC(=O)NCCCc1cccc(OC(C)C)c1)S(=O)(=O)c1ccc(C)cc1. The molecule has 0 atom stereocenters. The number of hydrogen-bond donors (Lipinski definition) is 1. The predicted octanol–water partition coefficient (Wildman–Crippen LogP) is 5.29. The average molecular weight is 509 g/mol. The van der Waals surface area contributed by atoms with E-state index < -0.39 is 10.0 Å². The van der Waals surface area contributed by atoms with E-state index >= 15 is 0 Å². The number of carbonyl (C=O) groups excluding carboxylic acids is 1. The van der Waals surface area contributed by atoms with Crippen LogP contribution in [0.5, 0.6) is 5.75 Å². The first kappa shape index (κ1) is 27.3. The molecule has 1 amide bonds. The van der Waals surface area contributed by atoms with Gasteiger partial charge >= 0.3 is 0 Å². The maximum absolute atomic E-state index is 13.6. The summed E-state index contributed by atoms with van der Waals surface area (Å²) in [6, 6.07) is 21.9. The number of anilines is 1. The summed E-state index contributed by atoms with van der Waals surface area (Å²) in [6.07, 6.45) is 2.26. The van der Waals surface area contributed by atoms with Gasteiger partial charge in [-0.05, 0) is 81.5 Å². The van der Waals surface area contributed by atoms with Crippen LogP contribution >= 0.6 is 0 Å². The number of aryl methyl sites for hydroxylation is 3. The number of hydrogen-bond acceptors (Lipinski definition) is 4. The third kappa shape index (κ3) is 7.34. The molecular weight excluding hydrogens is 472 g/mol. The van der Waals surface area contributed by atoms with Crippen LogP contribution in [0.25, 0.3) is 0 Å². The maximum atomic E-state index is 13.6. The van der Waals surface area contributed by atoms with Gasteiger partial charge in [0, 0.05) is 6.54 Å². The van der Waals surface area contributed by atoms with Crippen LogP contribution in [-0.4, -0.2) is 33.5 Å². The van der Waals surface area contributed by atoms with E-state index in [1.165, 1.54) is 4.31 Å². The summed E-state index contributed by atoms with van der Waals surface area (Å²) in [6.45, 7) is 8.01. The van der Waals surface area contributed by atoms with Gasteiger partial charge in [0.25, 0.3) is 10.0 Å². The molecule has 6 nitrogen and oxygen atoms in total. The van der Waals surface area contributed by atoms with E-state index in [0.29, 0.717) is 18.7 Å². The van der Waals surface area contributed by atoms with E-state index in [9.17, 15) is 13.2 Å². The standard InChI is InChI=1S/C29H36N2O4S/c1-5-25-12-6-7-14-28(25)31(36(33,34)27-17-15-23(4)16-18-27)21-29(32)30-19-9-11-24-10-8-13-26(20-24)35-22(2)3/h6-8,10,12-18,20,22H,5,9,11,19,21H2,1-4H3,(H,30,32). The van der Waals surface area contributed by atoms with Crippen molar-refractivity contribution in [2.75, 3.05) is 17.4 Å². The molecule has 3 aromatic carbocycles. The highest BCUT2D eigenvalue weighted by atomic mass is 32.2. The van der Waals surface area contributed by atoms with E-state index in [1.54, 1.807) is 36.4 Å². The molecule has 192 valence electrons. The van der Waals surface area contributed by atoms with Gasteiger partial charge in [-0.15, -0.1) is 0 Å². The van der Waals surface area contributed by atoms with Gasteiger partial charge in [0.15, 0.2) is 0 Å². The molecule has 7 heteroatoms. The molecule has 0 heterocycles. The minimum atomic E-state index is -3.93. The lowest BCUT2D eigenvalue weighted by Crippen LogP contribution is -2.41. The van der Waals surface area contributed by atoms with Crippen LogP contribution in [0.4, 0.5) is 5.69 Å². The largest absolute Gasteiger partial charge is 0.491 e. The van der Waals surface area contributed by atoms with E-state index in [0.717, 1.165) is 35.3 Å². The zero-order chi connectivity index (χ0) is 26.1. The third-order valence-electron chi connectivity index (χ3n) is 5.77. The van der Waals surface area contributed by atoms with Crippen molar-refractivity contribution in [1.82, 2.24) is 5.32 Å². The lowest BCUT2D eigenvalue weighted by Gasteiger charge is -2.26. The van der Waals surface area contributed by atoms with Gasteiger partial charge in [-0.25, -0.2) is 8.42 Å². The van der Waals surface area contributed by atoms with Gasteiger partial charge in [0.1, 0.15) is 12.3 Å². The van der Waals surface area contributed by atoms with E-state index in [4.69, 9.17) is 4.74 Å². The van der Waals surface area contributed by atoms with Crippen molar-refractivity contribution in [3.63, 3.8) is 0 Å². The molecular formula is C29H36N2O4S. The zero-order valence-electron chi connectivity index (χ0n) is 21.5. The molecule has 36 heavy (non-hydrogen) atoms. The fourth-order valence-corrected chi connectivity index (χ4v) is 5.40. The Morgan fingerprint density at radius 3 is 2.42 bits per heavy atom. The van der Waals surface area contributed by atoms with Crippen LogP contribution in [0, 0.1) is 6.92 Å². The summed E-state index contributed by atoms with van der Waals surface area (Å²) in [5.41, 5.74) is 3.48. The number of carbonyl (C=O) groups is 1. The van der Waals surface area contributed by atoms with Crippen molar-refractivity contribution in [2.45, 2.75) is 58.0 Å².